The van der Waals surface area contributed by atoms with Crippen LogP contribution < -0.4 is 4.74 Å². The van der Waals surface area contributed by atoms with E-state index >= 15 is 0 Å². The molecule has 1 N–H and O–H groups in total. The first-order chi connectivity index (χ1) is 10.7. The Kier molecular flexibility index (Phi) is 4.13. The summed E-state index contributed by atoms with van der Waals surface area (Å²) in [7, 11) is 1.63. The van der Waals surface area contributed by atoms with Gasteiger partial charge in [-0.15, -0.1) is 0 Å². The summed E-state index contributed by atoms with van der Waals surface area (Å²) in [5.41, 5.74) is 2.00. The van der Waals surface area contributed by atoms with E-state index < -0.39 is 0 Å². The molecule has 2 aromatic rings. The monoisotopic (exact) mass is 299 g/mol. The van der Waals surface area contributed by atoms with Gasteiger partial charge in [-0.3, -0.25) is 4.79 Å². The Balaban J connectivity index is 1.64. The lowest BCUT2D eigenvalue weighted by Crippen LogP contribution is -2.30. The molecule has 2 heterocycles. The highest BCUT2D eigenvalue weighted by atomic mass is 16.5. The molecule has 0 unspecified atom stereocenters. The van der Waals surface area contributed by atoms with Gasteiger partial charge in [0, 0.05) is 36.5 Å². The van der Waals surface area contributed by atoms with Crippen LogP contribution in [0.4, 0.5) is 0 Å². The maximum absolute atomic E-state index is 12.5. The molecule has 0 aliphatic carbocycles. The number of aromatic amines is 1. The number of para-hydroxylation sites is 1. The molecule has 1 fully saturated rings. The largest absolute Gasteiger partial charge is 0.496 e. The molecular weight excluding hydrogens is 278 g/mol. The number of ether oxygens (including phenoxy) is 1. The van der Waals surface area contributed by atoms with Crippen LogP contribution in [-0.4, -0.2) is 41.0 Å². The Morgan fingerprint density at radius 1 is 1.45 bits per heavy atom. The molecule has 1 aliphatic rings. The lowest BCUT2D eigenvalue weighted by atomic mass is 10.1. The van der Waals surface area contributed by atoms with E-state index in [9.17, 15) is 4.79 Å². The lowest BCUT2D eigenvalue weighted by molar-refractivity contribution is -0.129. The highest BCUT2D eigenvalue weighted by Gasteiger charge is 2.29. The van der Waals surface area contributed by atoms with Crippen LogP contribution in [0.25, 0.3) is 0 Å². The number of aryl methyl sites for hydroxylation is 1. The molecule has 1 aliphatic heterocycles. The molecule has 0 spiro atoms. The standard InChI is InChI=1S/C17H21N3O2/c1-12-10-18-17(19-12)14-7-8-20(11-14)16(21)9-13-5-3-4-6-15(13)22-2/h3-6,10,14H,7-9,11H2,1-2H3,(H,18,19)/t14-/m1/s1. The first-order valence-electron chi connectivity index (χ1n) is 7.58. The van der Waals surface area contributed by atoms with Crippen molar-refractivity contribution < 1.29 is 9.53 Å². The zero-order valence-corrected chi connectivity index (χ0v) is 13.0. The minimum atomic E-state index is 0.148. The Bertz CT molecular complexity index is 665. The molecule has 1 aromatic carbocycles. The average molecular weight is 299 g/mol. The van der Waals surface area contributed by atoms with Crippen molar-refractivity contribution in [3.63, 3.8) is 0 Å². The van der Waals surface area contributed by atoms with Crippen LogP contribution in [0.3, 0.4) is 0 Å². The molecular formula is C17H21N3O2. The number of hydrogen-bond acceptors (Lipinski definition) is 3. The average Bonchev–Trinajstić information content (AvgIpc) is 3.16. The maximum Gasteiger partial charge on any atom is 0.227 e. The van der Waals surface area contributed by atoms with Gasteiger partial charge in [-0.25, -0.2) is 4.98 Å². The van der Waals surface area contributed by atoms with Crippen LogP contribution in [0.2, 0.25) is 0 Å². The van der Waals surface area contributed by atoms with Gasteiger partial charge in [0.05, 0.1) is 13.5 Å². The van der Waals surface area contributed by atoms with Gasteiger partial charge in [0.15, 0.2) is 0 Å². The van der Waals surface area contributed by atoms with Crippen molar-refractivity contribution in [2.45, 2.75) is 25.7 Å². The predicted molar refractivity (Wildman–Crippen MR) is 84.0 cm³/mol. The van der Waals surface area contributed by atoms with Crippen LogP contribution in [-0.2, 0) is 11.2 Å². The summed E-state index contributed by atoms with van der Waals surface area (Å²) in [5, 5.41) is 0. The van der Waals surface area contributed by atoms with Gasteiger partial charge in [-0.1, -0.05) is 18.2 Å². The van der Waals surface area contributed by atoms with E-state index in [1.807, 2.05) is 42.3 Å². The molecule has 0 saturated carbocycles. The number of imidazole rings is 1. The fourth-order valence-corrected chi connectivity index (χ4v) is 2.97. The van der Waals surface area contributed by atoms with Gasteiger partial charge in [0.2, 0.25) is 5.91 Å². The third-order valence-electron chi connectivity index (χ3n) is 4.18. The summed E-state index contributed by atoms with van der Waals surface area (Å²) < 4.78 is 5.32. The number of carbonyl (C=O) groups is 1. The van der Waals surface area contributed by atoms with Crippen LogP contribution >= 0.6 is 0 Å². The summed E-state index contributed by atoms with van der Waals surface area (Å²) in [4.78, 5) is 22.1. The summed E-state index contributed by atoms with van der Waals surface area (Å²) >= 11 is 0. The molecule has 0 radical (unpaired) electrons. The minimum Gasteiger partial charge on any atom is -0.496 e. The number of carbonyl (C=O) groups excluding carboxylic acids is 1. The number of nitrogens with one attached hydrogen (secondary N) is 1. The van der Waals surface area contributed by atoms with Gasteiger partial charge in [-0.2, -0.15) is 0 Å². The number of methoxy groups -OCH3 is 1. The Morgan fingerprint density at radius 2 is 2.27 bits per heavy atom. The second-order valence-electron chi connectivity index (χ2n) is 5.77. The molecule has 22 heavy (non-hydrogen) atoms. The highest BCUT2D eigenvalue weighted by Crippen LogP contribution is 2.26. The highest BCUT2D eigenvalue weighted by molar-refractivity contribution is 5.79. The maximum atomic E-state index is 12.5. The zero-order valence-electron chi connectivity index (χ0n) is 13.0. The van der Waals surface area contributed by atoms with Crippen molar-refractivity contribution in [3.8, 4) is 5.75 Å². The number of rotatable bonds is 4. The summed E-state index contributed by atoms with van der Waals surface area (Å²) in [6.07, 6.45) is 3.19. The Labute approximate surface area is 130 Å². The van der Waals surface area contributed by atoms with E-state index in [0.29, 0.717) is 12.3 Å². The first-order valence-corrected chi connectivity index (χ1v) is 7.58. The predicted octanol–water partition coefficient (Wildman–Crippen LogP) is 2.29. The topological polar surface area (TPSA) is 58.2 Å². The molecule has 1 aromatic heterocycles. The van der Waals surface area contributed by atoms with Crippen molar-refractivity contribution in [1.29, 1.82) is 0 Å². The van der Waals surface area contributed by atoms with E-state index in [4.69, 9.17) is 4.74 Å². The lowest BCUT2D eigenvalue weighted by Gasteiger charge is -2.17. The normalized spacial score (nSPS) is 17.7. The van der Waals surface area contributed by atoms with Crippen molar-refractivity contribution in [1.82, 2.24) is 14.9 Å². The second-order valence-corrected chi connectivity index (χ2v) is 5.77. The van der Waals surface area contributed by atoms with E-state index in [1.54, 1.807) is 7.11 Å². The van der Waals surface area contributed by atoms with Gasteiger partial charge < -0.3 is 14.6 Å². The molecule has 1 saturated heterocycles. The van der Waals surface area contributed by atoms with E-state index in [1.165, 1.54) is 0 Å². The zero-order chi connectivity index (χ0) is 15.5. The summed E-state index contributed by atoms with van der Waals surface area (Å²) in [6, 6.07) is 7.68. The summed E-state index contributed by atoms with van der Waals surface area (Å²) in [5.74, 6) is 2.23. The van der Waals surface area contributed by atoms with Crippen molar-refractivity contribution in [2.75, 3.05) is 20.2 Å². The van der Waals surface area contributed by atoms with Crippen molar-refractivity contribution >= 4 is 5.91 Å². The molecule has 1 atom stereocenters. The van der Waals surface area contributed by atoms with Crippen molar-refractivity contribution in [3.05, 3.63) is 47.5 Å². The third-order valence-corrected chi connectivity index (χ3v) is 4.18. The van der Waals surface area contributed by atoms with Gasteiger partial charge in [0.1, 0.15) is 11.6 Å². The molecule has 5 nitrogen and oxygen atoms in total. The smallest absolute Gasteiger partial charge is 0.227 e. The molecule has 5 heteroatoms. The second kappa shape index (κ2) is 6.22. The van der Waals surface area contributed by atoms with Crippen LogP contribution in [0, 0.1) is 6.92 Å². The number of benzene rings is 1. The van der Waals surface area contributed by atoms with Gasteiger partial charge in [-0.05, 0) is 19.4 Å². The number of aromatic nitrogens is 2. The van der Waals surface area contributed by atoms with E-state index in [0.717, 1.165) is 42.3 Å². The SMILES string of the molecule is COc1ccccc1CC(=O)N1CC[C@@H](c2ncc(C)[nH]2)C1. The van der Waals surface area contributed by atoms with E-state index in [-0.39, 0.29) is 5.91 Å². The van der Waals surface area contributed by atoms with Crippen molar-refractivity contribution in [2.24, 2.45) is 0 Å². The summed E-state index contributed by atoms with van der Waals surface area (Å²) in [6.45, 7) is 3.52. The van der Waals surface area contributed by atoms with Gasteiger partial charge >= 0.3 is 0 Å². The molecule has 3 rings (SSSR count). The minimum absolute atomic E-state index is 0.148. The Hall–Kier alpha value is -2.30. The molecule has 116 valence electrons. The number of nitrogens with zero attached hydrogens (tertiary/aromatic N) is 2. The quantitative estimate of drug-likeness (QED) is 0.942. The number of amides is 1. The fourth-order valence-electron chi connectivity index (χ4n) is 2.97. The first kappa shape index (κ1) is 14.6. The van der Waals surface area contributed by atoms with E-state index in [2.05, 4.69) is 9.97 Å². The van der Waals surface area contributed by atoms with Crippen LogP contribution in [0.15, 0.2) is 30.5 Å². The third kappa shape index (κ3) is 2.98. The Morgan fingerprint density at radius 3 is 3.00 bits per heavy atom. The molecule has 1 amide bonds. The van der Waals surface area contributed by atoms with Gasteiger partial charge in [0.25, 0.3) is 0 Å². The number of likely N-dealkylation sites (tertiary alicyclic amines) is 1. The molecule has 0 bridgehead atoms. The van der Waals surface area contributed by atoms with Crippen LogP contribution in [0.5, 0.6) is 5.75 Å². The fraction of sp³-hybridized carbons (Fsp3) is 0.412. The number of H-pyrrole nitrogens is 1. The number of hydrogen-bond donors (Lipinski definition) is 1. The van der Waals surface area contributed by atoms with Crippen LogP contribution in [0.1, 0.15) is 29.4 Å².